The topological polar surface area (TPSA) is 38.9 Å². The predicted octanol–water partition coefficient (Wildman–Crippen LogP) is 11.3. The Balaban J connectivity index is 1.31. The molecular weight excluding hydrogens is 548 g/mol. The van der Waals surface area contributed by atoms with E-state index in [1.54, 1.807) is 0 Å². The van der Waals surface area contributed by atoms with E-state index >= 15 is 0 Å². The van der Waals surface area contributed by atoms with E-state index in [0.717, 1.165) is 83.2 Å². The summed E-state index contributed by atoms with van der Waals surface area (Å²) < 4.78 is 6.79. The van der Waals surface area contributed by atoms with Crippen molar-refractivity contribution >= 4 is 32.6 Å². The number of fused-ring (bicyclic) bond motifs is 6. The molecule has 2 aliphatic heterocycles. The summed E-state index contributed by atoms with van der Waals surface area (Å²) in [5, 5.41) is 4.41. The van der Waals surface area contributed by atoms with Gasteiger partial charge in [0.15, 0.2) is 0 Å². The molecule has 0 fully saturated rings. The van der Waals surface area contributed by atoms with Gasteiger partial charge in [-0.3, -0.25) is 4.98 Å². The van der Waals surface area contributed by atoms with Gasteiger partial charge in [0.05, 0.1) is 22.5 Å². The molecule has 210 valence electrons. The minimum absolute atomic E-state index is 0.825. The molecule has 0 spiro atoms. The molecule has 0 saturated heterocycles. The van der Waals surface area contributed by atoms with Crippen LogP contribution < -0.4 is 0 Å². The summed E-state index contributed by atoms with van der Waals surface area (Å²) in [7, 11) is 0. The van der Waals surface area contributed by atoms with Gasteiger partial charge in [-0.2, -0.15) is 0 Å². The third-order valence-electron chi connectivity index (χ3n) is 8.70. The Morgan fingerprint density at radius 2 is 1.09 bits per heavy atom. The van der Waals surface area contributed by atoms with Crippen LogP contribution >= 0.6 is 0 Å². The largest absolute Gasteiger partial charge is 0.455 e. The van der Waals surface area contributed by atoms with Gasteiger partial charge in [-0.25, -0.2) is 4.98 Å². The number of para-hydroxylation sites is 2. The van der Waals surface area contributed by atoms with Crippen molar-refractivity contribution in [2.75, 3.05) is 0 Å². The minimum Gasteiger partial charge on any atom is -0.455 e. The quantitative estimate of drug-likeness (QED) is 0.210. The maximum atomic E-state index is 6.79. The van der Waals surface area contributed by atoms with Crippen LogP contribution in [0.1, 0.15) is 0 Å². The first-order valence-corrected chi connectivity index (χ1v) is 15.2. The van der Waals surface area contributed by atoms with Crippen molar-refractivity contribution in [1.82, 2.24) is 9.97 Å². The highest BCUT2D eigenvalue weighted by Crippen LogP contribution is 2.47. The molecule has 0 bridgehead atoms. The van der Waals surface area contributed by atoms with E-state index in [2.05, 4.69) is 120 Å². The predicted molar refractivity (Wildman–Crippen MR) is 185 cm³/mol. The van der Waals surface area contributed by atoms with Crippen molar-refractivity contribution < 1.29 is 4.42 Å². The second-order valence-corrected chi connectivity index (χ2v) is 11.4. The molecule has 3 heterocycles. The normalized spacial score (nSPS) is 11.6. The fourth-order valence-electron chi connectivity index (χ4n) is 6.62. The lowest BCUT2D eigenvalue weighted by Crippen LogP contribution is -1.92. The maximum absolute atomic E-state index is 6.79. The van der Waals surface area contributed by atoms with Gasteiger partial charge in [0.2, 0.25) is 0 Å². The summed E-state index contributed by atoms with van der Waals surface area (Å²) in [5.74, 6) is 0.840. The summed E-state index contributed by atoms with van der Waals surface area (Å²) in [4.78, 5) is 9.78. The SMILES string of the molecule is c1ccc(-c2cc(-c3ccccn3)cc(-c3ccc(-c4oc5ccccc5c5nc6ccccc6c4-5)c4ccccc34)c2)cc1. The van der Waals surface area contributed by atoms with Crippen molar-refractivity contribution in [3.8, 4) is 56.1 Å². The Kier molecular flexibility index (Phi) is 5.82. The molecule has 0 atom stereocenters. The third kappa shape index (κ3) is 4.21. The standard InChI is InChI=1S/C42H26N2O/c1-2-12-27(13-3-1)28-24-29(26-30(25-28)37-18-10-11-23-43-37)31-21-22-34(33-15-5-4-14-32(31)33)42-40-35-16-6-8-19-38(35)44-41(40)36-17-7-9-20-39(36)45-42/h1-26H. The van der Waals surface area contributed by atoms with E-state index in [4.69, 9.17) is 9.40 Å². The van der Waals surface area contributed by atoms with Gasteiger partial charge in [0.1, 0.15) is 11.3 Å². The second-order valence-electron chi connectivity index (χ2n) is 11.4. The summed E-state index contributed by atoms with van der Waals surface area (Å²) >= 11 is 0. The zero-order chi connectivity index (χ0) is 29.7. The van der Waals surface area contributed by atoms with Gasteiger partial charge >= 0.3 is 0 Å². The van der Waals surface area contributed by atoms with E-state index in [1.165, 1.54) is 5.56 Å². The number of hydrogen-bond acceptors (Lipinski definition) is 3. The molecule has 0 aliphatic carbocycles. The number of pyridine rings is 1. The Bertz CT molecular complexity index is 2420. The highest BCUT2D eigenvalue weighted by Gasteiger charge is 2.24. The molecule has 3 nitrogen and oxygen atoms in total. The van der Waals surface area contributed by atoms with Crippen molar-refractivity contribution in [2.24, 2.45) is 0 Å². The van der Waals surface area contributed by atoms with E-state index < -0.39 is 0 Å². The minimum atomic E-state index is 0.825. The van der Waals surface area contributed by atoms with E-state index in [9.17, 15) is 0 Å². The molecule has 6 aromatic carbocycles. The molecule has 0 N–H and O–H groups in total. The average molecular weight is 575 g/mol. The Labute approximate surface area is 260 Å². The van der Waals surface area contributed by atoms with Gasteiger partial charge in [0.25, 0.3) is 0 Å². The lowest BCUT2D eigenvalue weighted by molar-refractivity contribution is 0.622. The Hall–Kier alpha value is -6.06. The summed E-state index contributed by atoms with van der Waals surface area (Å²) in [6.45, 7) is 0. The number of benzene rings is 6. The molecule has 9 rings (SSSR count). The van der Waals surface area contributed by atoms with Crippen molar-refractivity contribution in [3.05, 3.63) is 158 Å². The van der Waals surface area contributed by atoms with E-state index in [1.807, 2.05) is 42.6 Å². The van der Waals surface area contributed by atoms with Crippen LogP contribution in [0.15, 0.2) is 162 Å². The highest BCUT2D eigenvalue weighted by atomic mass is 16.3. The summed E-state index contributed by atoms with van der Waals surface area (Å²) in [5.41, 5.74) is 11.5. The van der Waals surface area contributed by atoms with Crippen molar-refractivity contribution in [3.63, 3.8) is 0 Å². The molecule has 0 amide bonds. The lowest BCUT2D eigenvalue weighted by Gasteiger charge is -2.16. The smallest absolute Gasteiger partial charge is 0.145 e. The van der Waals surface area contributed by atoms with Crippen LogP contribution in [0, 0.1) is 0 Å². The van der Waals surface area contributed by atoms with Crippen LogP contribution in [0.25, 0.3) is 88.7 Å². The first-order valence-electron chi connectivity index (χ1n) is 15.2. The number of rotatable bonds is 4. The summed E-state index contributed by atoms with van der Waals surface area (Å²) in [6, 6.07) is 53.0. The van der Waals surface area contributed by atoms with Crippen LogP contribution in [0.5, 0.6) is 0 Å². The van der Waals surface area contributed by atoms with Crippen molar-refractivity contribution in [1.29, 1.82) is 0 Å². The zero-order valence-electron chi connectivity index (χ0n) is 24.3. The van der Waals surface area contributed by atoms with Crippen LogP contribution in [-0.2, 0) is 0 Å². The molecule has 1 aromatic heterocycles. The molecule has 0 saturated carbocycles. The van der Waals surface area contributed by atoms with Gasteiger partial charge < -0.3 is 4.42 Å². The monoisotopic (exact) mass is 574 g/mol. The Morgan fingerprint density at radius 1 is 0.444 bits per heavy atom. The second kappa shape index (κ2) is 10.3. The van der Waals surface area contributed by atoms with Crippen LogP contribution in [0.2, 0.25) is 0 Å². The molecule has 3 heteroatoms. The van der Waals surface area contributed by atoms with Gasteiger partial charge in [-0.1, -0.05) is 97.1 Å². The van der Waals surface area contributed by atoms with Crippen LogP contribution in [0.3, 0.4) is 0 Å². The average Bonchev–Trinajstić information content (AvgIpc) is 3.52. The highest BCUT2D eigenvalue weighted by molar-refractivity contribution is 6.14. The zero-order valence-corrected chi connectivity index (χ0v) is 24.3. The molecular formula is C42H26N2O. The molecule has 0 radical (unpaired) electrons. The molecule has 0 unspecified atom stereocenters. The van der Waals surface area contributed by atoms with Gasteiger partial charge in [-0.05, 0) is 87.6 Å². The van der Waals surface area contributed by atoms with Crippen LogP contribution in [0.4, 0.5) is 0 Å². The number of hydrogen-bond donors (Lipinski definition) is 0. The van der Waals surface area contributed by atoms with Crippen LogP contribution in [-0.4, -0.2) is 9.97 Å². The fraction of sp³-hybridized carbons (Fsp3) is 0. The molecule has 2 aliphatic rings. The first-order chi connectivity index (χ1) is 22.3. The molecule has 7 aromatic rings. The maximum Gasteiger partial charge on any atom is 0.145 e. The lowest BCUT2D eigenvalue weighted by atomic mass is 9.89. The third-order valence-corrected chi connectivity index (χ3v) is 8.70. The van der Waals surface area contributed by atoms with Gasteiger partial charge in [-0.15, -0.1) is 0 Å². The van der Waals surface area contributed by atoms with E-state index in [0.29, 0.717) is 0 Å². The number of nitrogens with zero attached hydrogens (tertiary/aromatic N) is 2. The summed E-state index contributed by atoms with van der Waals surface area (Å²) in [6.07, 6.45) is 1.85. The fourth-order valence-corrected chi connectivity index (χ4v) is 6.62. The Morgan fingerprint density at radius 3 is 1.91 bits per heavy atom. The molecule has 45 heavy (non-hydrogen) atoms. The van der Waals surface area contributed by atoms with Crippen molar-refractivity contribution in [2.45, 2.75) is 0 Å². The van der Waals surface area contributed by atoms with Gasteiger partial charge in [0, 0.05) is 28.1 Å². The van der Waals surface area contributed by atoms with E-state index in [-0.39, 0.29) is 0 Å². The number of aromatic nitrogens is 2. The first kappa shape index (κ1) is 25.4.